The maximum Gasteiger partial charge on any atom is 0.340 e. The first kappa shape index (κ1) is 13.6. The predicted molar refractivity (Wildman–Crippen MR) is 79.2 cm³/mol. The molecule has 1 fully saturated rings. The molecule has 108 valence electrons. The molecule has 4 nitrogen and oxygen atoms in total. The lowest BCUT2D eigenvalue weighted by Gasteiger charge is -2.17. The number of nitrogens with zero attached hydrogens (tertiary/aromatic N) is 1. The molecule has 1 aromatic heterocycles. The van der Waals surface area contributed by atoms with Crippen molar-refractivity contribution in [2.45, 2.75) is 24.9 Å². The van der Waals surface area contributed by atoms with E-state index in [1.54, 1.807) is 7.05 Å². The third-order valence-electron chi connectivity index (χ3n) is 3.81. The standard InChI is InChI=1S/C17H17NO3/c1-18-12-14(7-8-15(18)19)16(20)21-17(9-10-17)11-13-5-3-2-4-6-13/h2-8,12H,9-11H2,1H3. The van der Waals surface area contributed by atoms with Gasteiger partial charge in [0, 0.05) is 25.7 Å². The van der Waals surface area contributed by atoms with Crippen LogP contribution < -0.4 is 5.56 Å². The number of pyridine rings is 1. The molecule has 0 N–H and O–H groups in total. The zero-order valence-corrected chi connectivity index (χ0v) is 11.9. The Kier molecular flexibility index (Phi) is 3.37. The van der Waals surface area contributed by atoms with Crippen LogP contribution in [0, 0.1) is 0 Å². The normalized spacial score (nSPS) is 15.5. The van der Waals surface area contributed by atoms with Gasteiger partial charge in [-0.2, -0.15) is 0 Å². The Morgan fingerprint density at radius 2 is 1.90 bits per heavy atom. The summed E-state index contributed by atoms with van der Waals surface area (Å²) in [6, 6.07) is 12.9. The molecule has 0 atom stereocenters. The smallest absolute Gasteiger partial charge is 0.340 e. The molecule has 3 rings (SSSR count). The average Bonchev–Trinajstić information content (AvgIpc) is 3.22. The van der Waals surface area contributed by atoms with Crippen LogP contribution in [0.4, 0.5) is 0 Å². The summed E-state index contributed by atoms with van der Waals surface area (Å²) in [5, 5.41) is 0. The van der Waals surface area contributed by atoms with E-state index >= 15 is 0 Å². The van der Waals surface area contributed by atoms with Gasteiger partial charge >= 0.3 is 5.97 Å². The van der Waals surface area contributed by atoms with Crippen molar-refractivity contribution in [3.63, 3.8) is 0 Å². The molecule has 1 aromatic carbocycles. The molecule has 1 aliphatic rings. The topological polar surface area (TPSA) is 48.3 Å². The van der Waals surface area contributed by atoms with Gasteiger partial charge in [0.05, 0.1) is 5.56 Å². The van der Waals surface area contributed by atoms with E-state index in [9.17, 15) is 9.59 Å². The monoisotopic (exact) mass is 283 g/mol. The third-order valence-corrected chi connectivity index (χ3v) is 3.81. The maximum atomic E-state index is 12.2. The highest BCUT2D eigenvalue weighted by molar-refractivity contribution is 5.89. The minimum atomic E-state index is -0.368. The molecule has 0 spiro atoms. The van der Waals surface area contributed by atoms with Gasteiger partial charge in [0.1, 0.15) is 5.60 Å². The average molecular weight is 283 g/mol. The summed E-state index contributed by atoms with van der Waals surface area (Å²) in [4.78, 5) is 23.6. The van der Waals surface area contributed by atoms with Gasteiger partial charge in [-0.3, -0.25) is 4.79 Å². The second-order valence-electron chi connectivity index (χ2n) is 5.60. The van der Waals surface area contributed by atoms with Crippen LogP contribution in [0.1, 0.15) is 28.8 Å². The van der Waals surface area contributed by atoms with Crippen molar-refractivity contribution in [2.75, 3.05) is 0 Å². The quantitative estimate of drug-likeness (QED) is 0.809. The van der Waals surface area contributed by atoms with E-state index in [0.717, 1.165) is 19.3 Å². The van der Waals surface area contributed by atoms with Crippen molar-refractivity contribution in [3.05, 3.63) is 70.1 Å². The van der Waals surface area contributed by atoms with E-state index < -0.39 is 0 Å². The molecule has 0 amide bonds. The highest BCUT2D eigenvalue weighted by atomic mass is 16.6. The van der Waals surface area contributed by atoms with Gasteiger partial charge in [-0.25, -0.2) is 4.79 Å². The number of aryl methyl sites for hydroxylation is 1. The van der Waals surface area contributed by atoms with Crippen LogP contribution in [-0.4, -0.2) is 16.1 Å². The summed E-state index contributed by atoms with van der Waals surface area (Å²) in [7, 11) is 1.62. The van der Waals surface area contributed by atoms with E-state index in [1.807, 2.05) is 30.3 Å². The second-order valence-corrected chi connectivity index (χ2v) is 5.60. The lowest BCUT2D eigenvalue weighted by molar-refractivity contribution is 0.0227. The molecule has 0 aliphatic heterocycles. The summed E-state index contributed by atoms with van der Waals surface area (Å²) in [5.41, 5.74) is 1.07. The van der Waals surface area contributed by atoms with Crippen LogP contribution in [0.3, 0.4) is 0 Å². The van der Waals surface area contributed by atoms with Crippen molar-refractivity contribution in [2.24, 2.45) is 7.05 Å². The first-order valence-electron chi connectivity index (χ1n) is 7.02. The third kappa shape index (κ3) is 3.05. The first-order valence-corrected chi connectivity index (χ1v) is 7.02. The summed E-state index contributed by atoms with van der Waals surface area (Å²) in [5.74, 6) is -0.362. The summed E-state index contributed by atoms with van der Waals surface area (Å²) < 4.78 is 7.06. The molecular formula is C17H17NO3. The predicted octanol–water partition coefficient (Wildman–Crippen LogP) is 2.32. The van der Waals surface area contributed by atoms with Crippen molar-refractivity contribution in [1.29, 1.82) is 0 Å². The van der Waals surface area contributed by atoms with E-state index in [2.05, 4.69) is 0 Å². The second kappa shape index (κ2) is 5.20. The number of benzene rings is 1. The van der Waals surface area contributed by atoms with Gasteiger partial charge in [-0.15, -0.1) is 0 Å². The fraction of sp³-hybridized carbons (Fsp3) is 0.294. The molecule has 0 bridgehead atoms. The van der Waals surface area contributed by atoms with Crippen LogP contribution in [0.25, 0.3) is 0 Å². The van der Waals surface area contributed by atoms with Crippen LogP contribution in [0.5, 0.6) is 0 Å². The van der Waals surface area contributed by atoms with Crippen LogP contribution in [0.15, 0.2) is 53.5 Å². The minimum absolute atomic E-state index is 0.142. The Morgan fingerprint density at radius 1 is 1.19 bits per heavy atom. The van der Waals surface area contributed by atoms with Gasteiger partial charge in [-0.05, 0) is 24.5 Å². The number of hydrogen-bond donors (Lipinski definition) is 0. The first-order chi connectivity index (χ1) is 10.1. The molecule has 1 saturated carbocycles. The zero-order chi connectivity index (χ0) is 14.9. The fourth-order valence-electron chi connectivity index (χ4n) is 2.39. The molecular weight excluding hydrogens is 266 g/mol. The number of aromatic nitrogens is 1. The lowest BCUT2D eigenvalue weighted by atomic mass is 10.1. The van der Waals surface area contributed by atoms with Gasteiger partial charge in [0.25, 0.3) is 0 Å². The van der Waals surface area contributed by atoms with Gasteiger partial charge < -0.3 is 9.30 Å². The van der Waals surface area contributed by atoms with Crippen LogP contribution in [-0.2, 0) is 18.2 Å². The largest absolute Gasteiger partial charge is 0.455 e. The Bertz CT molecular complexity index is 714. The number of esters is 1. The van der Waals surface area contributed by atoms with Crippen molar-refractivity contribution in [1.82, 2.24) is 4.57 Å². The van der Waals surface area contributed by atoms with Gasteiger partial charge in [-0.1, -0.05) is 30.3 Å². The van der Waals surface area contributed by atoms with Crippen LogP contribution in [0.2, 0.25) is 0 Å². The number of carbonyl (C=O) groups excluding carboxylic acids is 1. The van der Waals surface area contributed by atoms with Crippen molar-refractivity contribution in [3.8, 4) is 0 Å². The lowest BCUT2D eigenvalue weighted by Crippen LogP contribution is -2.24. The molecule has 1 heterocycles. The van der Waals surface area contributed by atoms with E-state index in [0.29, 0.717) is 5.56 Å². The Labute approximate surface area is 123 Å². The van der Waals surface area contributed by atoms with Gasteiger partial charge in [0.2, 0.25) is 5.56 Å². The Balaban J connectivity index is 1.72. The van der Waals surface area contributed by atoms with E-state index in [1.165, 1.54) is 28.5 Å². The van der Waals surface area contributed by atoms with Crippen molar-refractivity contribution >= 4 is 5.97 Å². The minimum Gasteiger partial charge on any atom is -0.455 e. The fourth-order valence-corrected chi connectivity index (χ4v) is 2.39. The highest BCUT2D eigenvalue weighted by Crippen LogP contribution is 2.43. The molecule has 0 saturated heterocycles. The molecule has 0 radical (unpaired) electrons. The molecule has 1 aliphatic carbocycles. The number of ether oxygens (including phenoxy) is 1. The number of hydrogen-bond acceptors (Lipinski definition) is 3. The molecule has 0 unspecified atom stereocenters. The molecule has 4 heteroatoms. The number of rotatable bonds is 4. The summed E-state index contributed by atoms with van der Waals surface area (Å²) in [6.07, 6.45) is 4.04. The zero-order valence-electron chi connectivity index (χ0n) is 11.9. The van der Waals surface area contributed by atoms with Gasteiger partial charge in [0.15, 0.2) is 0 Å². The highest BCUT2D eigenvalue weighted by Gasteiger charge is 2.46. The van der Waals surface area contributed by atoms with Crippen molar-refractivity contribution < 1.29 is 9.53 Å². The Hall–Kier alpha value is -2.36. The van der Waals surface area contributed by atoms with E-state index in [-0.39, 0.29) is 17.1 Å². The van der Waals surface area contributed by atoms with Crippen LogP contribution >= 0.6 is 0 Å². The molecule has 21 heavy (non-hydrogen) atoms. The maximum absolute atomic E-state index is 12.2. The summed E-state index contributed by atoms with van der Waals surface area (Å²) in [6.45, 7) is 0. The number of carbonyl (C=O) groups is 1. The van der Waals surface area contributed by atoms with E-state index in [4.69, 9.17) is 4.74 Å². The Morgan fingerprint density at radius 3 is 2.52 bits per heavy atom. The SMILES string of the molecule is Cn1cc(C(=O)OC2(Cc3ccccc3)CC2)ccc1=O. The summed E-state index contributed by atoms with van der Waals surface area (Å²) >= 11 is 0. The molecule has 2 aromatic rings.